The van der Waals surface area contributed by atoms with E-state index in [4.69, 9.17) is 0 Å². The highest BCUT2D eigenvalue weighted by atomic mass is 15.2. The highest BCUT2D eigenvalue weighted by molar-refractivity contribution is 5.10. The van der Waals surface area contributed by atoms with Crippen molar-refractivity contribution in [3.8, 4) is 0 Å². The first-order chi connectivity index (χ1) is 8.08. The fourth-order valence-corrected chi connectivity index (χ4v) is 2.59. The smallest absolute Gasteiger partial charge is 0.0157 e. The lowest BCUT2D eigenvalue weighted by atomic mass is 9.93. The molecule has 1 fully saturated rings. The third-order valence-electron chi connectivity index (χ3n) is 3.89. The van der Waals surface area contributed by atoms with Gasteiger partial charge in [0.05, 0.1) is 0 Å². The van der Waals surface area contributed by atoms with E-state index in [1.54, 1.807) is 0 Å². The van der Waals surface area contributed by atoms with Gasteiger partial charge >= 0.3 is 0 Å². The monoisotopic (exact) mass is 235 g/mol. The molecule has 0 bridgehead atoms. The summed E-state index contributed by atoms with van der Waals surface area (Å²) in [5, 5.41) is 3.42. The van der Waals surface area contributed by atoms with Crippen LogP contribution in [-0.4, -0.2) is 41.2 Å². The van der Waals surface area contributed by atoms with E-state index in [1.807, 2.05) is 0 Å². The summed E-state index contributed by atoms with van der Waals surface area (Å²) in [5.74, 6) is 0. The van der Waals surface area contributed by atoms with Crippen LogP contribution in [-0.2, 0) is 13.5 Å². The largest absolute Gasteiger partial charge is 0.357 e. The first-order valence-corrected chi connectivity index (χ1v) is 6.64. The Bertz CT molecular complexity index is 348. The molecule has 1 N–H and O–H groups in total. The number of hydrogen-bond acceptors (Lipinski definition) is 2. The Hall–Kier alpha value is -0.800. The van der Waals surface area contributed by atoms with Gasteiger partial charge in [-0.3, -0.25) is 4.90 Å². The van der Waals surface area contributed by atoms with Crippen molar-refractivity contribution in [2.75, 3.05) is 26.2 Å². The molecule has 0 aromatic carbocycles. The first kappa shape index (κ1) is 12.7. The Labute approximate surface area is 105 Å². The number of nitrogens with one attached hydrogen (secondary N) is 1. The lowest BCUT2D eigenvalue weighted by Gasteiger charge is -2.41. The number of aromatic nitrogens is 1. The van der Waals surface area contributed by atoms with Gasteiger partial charge in [0.2, 0.25) is 0 Å². The van der Waals surface area contributed by atoms with Gasteiger partial charge in [-0.05, 0) is 38.3 Å². The van der Waals surface area contributed by atoms with Crippen molar-refractivity contribution >= 4 is 0 Å². The summed E-state index contributed by atoms with van der Waals surface area (Å²) < 4.78 is 2.13. The van der Waals surface area contributed by atoms with Crippen LogP contribution in [0.5, 0.6) is 0 Å². The van der Waals surface area contributed by atoms with Gasteiger partial charge < -0.3 is 9.88 Å². The lowest BCUT2D eigenvalue weighted by molar-refractivity contribution is 0.0959. The van der Waals surface area contributed by atoms with Crippen LogP contribution in [0.1, 0.15) is 25.8 Å². The average Bonchev–Trinajstić information content (AvgIpc) is 2.74. The summed E-state index contributed by atoms with van der Waals surface area (Å²) in [7, 11) is 2.09. The fraction of sp³-hybridized carbons (Fsp3) is 0.714. The summed E-state index contributed by atoms with van der Waals surface area (Å²) >= 11 is 0. The maximum Gasteiger partial charge on any atom is 0.0157 e. The molecule has 0 spiro atoms. The van der Waals surface area contributed by atoms with Crippen LogP contribution in [0.4, 0.5) is 0 Å². The standard InChI is InChI=1S/C14H25N3/c1-14(2,17-10-7-15-8-11-17)6-4-13-5-9-16(3)12-13/h5,9,12,15H,4,6-8,10-11H2,1-3H3. The predicted octanol–water partition coefficient (Wildman–Crippen LogP) is 1.64. The molecule has 1 aromatic rings. The van der Waals surface area contributed by atoms with E-state index >= 15 is 0 Å². The zero-order chi connectivity index (χ0) is 12.3. The zero-order valence-corrected chi connectivity index (χ0v) is 11.4. The molecule has 1 aliphatic heterocycles. The van der Waals surface area contributed by atoms with Crippen LogP contribution in [0.2, 0.25) is 0 Å². The van der Waals surface area contributed by atoms with Gasteiger partial charge in [-0.1, -0.05) is 0 Å². The van der Waals surface area contributed by atoms with Crippen molar-refractivity contribution in [2.24, 2.45) is 7.05 Å². The molecule has 3 nitrogen and oxygen atoms in total. The second kappa shape index (κ2) is 5.23. The van der Waals surface area contributed by atoms with E-state index in [-0.39, 0.29) is 0 Å². The molecule has 0 amide bonds. The number of piperazine rings is 1. The summed E-state index contributed by atoms with van der Waals surface area (Å²) in [6, 6.07) is 2.23. The molecule has 0 saturated carbocycles. The highest BCUT2D eigenvalue weighted by Crippen LogP contribution is 2.21. The maximum absolute atomic E-state index is 3.42. The van der Waals surface area contributed by atoms with Crippen molar-refractivity contribution in [3.05, 3.63) is 24.0 Å². The summed E-state index contributed by atoms with van der Waals surface area (Å²) in [6.07, 6.45) is 6.77. The quantitative estimate of drug-likeness (QED) is 0.856. The zero-order valence-electron chi connectivity index (χ0n) is 11.4. The molecule has 1 aromatic heterocycles. The molecule has 0 unspecified atom stereocenters. The minimum Gasteiger partial charge on any atom is -0.357 e. The van der Waals surface area contributed by atoms with Gasteiger partial charge in [0.25, 0.3) is 0 Å². The van der Waals surface area contributed by atoms with Crippen LogP contribution >= 0.6 is 0 Å². The molecule has 0 aliphatic carbocycles. The normalized spacial score (nSPS) is 18.5. The van der Waals surface area contributed by atoms with Gasteiger partial charge in [-0.25, -0.2) is 0 Å². The van der Waals surface area contributed by atoms with Gasteiger partial charge in [-0.2, -0.15) is 0 Å². The minimum absolute atomic E-state index is 0.317. The van der Waals surface area contributed by atoms with Gasteiger partial charge in [0.15, 0.2) is 0 Å². The molecule has 0 radical (unpaired) electrons. The van der Waals surface area contributed by atoms with Gasteiger partial charge in [0, 0.05) is 51.2 Å². The number of hydrogen-bond donors (Lipinski definition) is 1. The molecule has 1 saturated heterocycles. The third kappa shape index (κ3) is 3.33. The average molecular weight is 235 g/mol. The summed E-state index contributed by atoms with van der Waals surface area (Å²) in [5.41, 5.74) is 1.77. The van der Waals surface area contributed by atoms with Crippen LogP contribution in [0.3, 0.4) is 0 Å². The topological polar surface area (TPSA) is 20.2 Å². The molecule has 1 aliphatic rings. The number of rotatable bonds is 4. The minimum atomic E-state index is 0.317. The lowest BCUT2D eigenvalue weighted by Crippen LogP contribution is -2.53. The van der Waals surface area contributed by atoms with E-state index in [0.29, 0.717) is 5.54 Å². The van der Waals surface area contributed by atoms with Gasteiger partial charge in [0.1, 0.15) is 0 Å². The summed E-state index contributed by atoms with van der Waals surface area (Å²) in [6.45, 7) is 9.38. The van der Waals surface area contributed by atoms with Crippen LogP contribution in [0.25, 0.3) is 0 Å². The van der Waals surface area contributed by atoms with Crippen LogP contribution < -0.4 is 5.32 Å². The third-order valence-corrected chi connectivity index (χ3v) is 3.89. The second-order valence-electron chi connectivity index (χ2n) is 5.73. The number of nitrogens with zero attached hydrogens (tertiary/aromatic N) is 2. The molecule has 17 heavy (non-hydrogen) atoms. The van der Waals surface area contributed by atoms with Crippen molar-refractivity contribution in [1.82, 2.24) is 14.8 Å². The van der Waals surface area contributed by atoms with E-state index in [2.05, 4.69) is 54.1 Å². The Kier molecular flexibility index (Phi) is 3.89. The van der Waals surface area contributed by atoms with Crippen LogP contribution in [0.15, 0.2) is 18.5 Å². The van der Waals surface area contributed by atoms with E-state index in [1.165, 1.54) is 31.5 Å². The molecular weight excluding hydrogens is 210 g/mol. The van der Waals surface area contributed by atoms with Crippen molar-refractivity contribution in [2.45, 2.75) is 32.2 Å². The van der Waals surface area contributed by atoms with E-state index < -0.39 is 0 Å². The molecule has 2 rings (SSSR count). The predicted molar refractivity (Wildman–Crippen MR) is 72.3 cm³/mol. The molecule has 2 heterocycles. The SMILES string of the molecule is Cn1ccc(CCC(C)(C)N2CCNCC2)c1. The molecule has 3 heteroatoms. The second-order valence-corrected chi connectivity index (χ2v) is 5.73. The van der Waals surface area contributed by atoms with Crippen molar-refractivity contribution in [1.29, 1.82) is 0 Å². The molecule has 96 valence electrons. The Balaban J connectivity index is 1.87. The first-order valence-electron chi connectivity index (χ1n) is 6.64. The van der Waals surface area contributed by atoms with Crippen LogP contribution in [0, 0.1) is 0 Å². The highest BCUT2D eigenvalue weighted by Gasteiger charge is 2.27. The summed E-state index contributed by atoms with van der Waals surface area (Å²) in [4.78, 5) is 2.62. The fourth-order valence-electron chi connectivity index (χ4n) is 2.59. The van der Waals surface area contributed by atoms with Gasteiger partial charge in [-0.15, -0.1) is 0 Å². The maximum atomic E-state index is 3.42. The van der Waals surface area contributed by atoms with E-state index in [9.17, 15) is 0 Å². The molecule has 0 atom stereocenters. The van der Waals surface area contributed by atoms with Crippen molar-refractivity contribution in [3.63, 3.8) is 0 Å². The Morgan fingerprint density at radius 2 is 2.00 bits per heavy atom. The Morgan fingerprint density at radius 1 is 1.29 bits per heavy atom. The van der Waals surface area contributed by atoms with E-state index in [0.717, 1.165) is 13.1 Å². The molecular formula is C14H25N3. The Morgan fingerprint density at radius 3 is 2.59 bits per heavy atom. The van der Waals surface area contributed by atoms with Crippen molar-refractivity contribution < 1.29 is 0 Å². The number of aryl methyl sites for hydroxylation is 2.